The highest BCUT2D eigenvalue weighted by molar-refractivity contribution is 9.10. The van der Waals surface area contributed by atoms with E-state index in [2.05, 4.69) is 30.8 Å². The number of amides is 1. The molecule has 2 heterocycles. The summed E-state index contributed by atoms with van der Waals surface area (Å²) in [5.41, 5.74) is 0.0994. The highest BCUT2D eigenvalue weighted by Gasteiger charge is 2.24. The van der Waals surface area contributed by atoms with Crippen LogP contribution in [0.5, 0.6) is 0 Å². The second kappa shape index (κ2) is 6.39. The van der Waals surface area contributed by atoms with E-state index in [4.69, 9.17) is 0 Å². The van der Waals surface area contributed by atoms with E-state index in [9.17, 15) is 9.18 Å². The summed E-state index contributed by atoms with van der Waals surface area (Å²) in [6, 6.07) is 4.40. The van der Waals surface area contributed by atoms with E-state index in [-0.39, 0.29) is 11.5 Å². The molecule has 2 aromatic rings. The lowest BCUT2D eigenvalue weighted by atomic mass is 10.1. The Hall–Kier alpha value is -2.02. The summed E-state index contributed by atoms with van der Waals surface area (Å²) in [6.45, 7) is 2.36. The molecule has 0 radical (unpaired) electrons. The van der Waals surface area contributed by atoms with Crippen LogP contribution in [0, 0.1) is 5.82 Å². The van der Waals surface area contributed by atoms with Gasteiger partial charge in [-0.2, -0.15) is 0 Å². The maximum absolute atomic E-state index is 13.8. The molecule has 0 unspecified atom stereocenters. The highest BCUT2D eigenvalue weighted by Crippen LogP contribution is 2.19. The Morgan fingerprint density at radius 2 is 1.95 bits per heavy atom. The summed E-state index contributed by atoms with van der Waals surface area (Å²) >= 11 is 3.27. The Morgan fingerprint density at radius 3 is 2.64 bits per heavy atom. The molecule has 0 saturated carbocycles. The van der Waals surface area contributed by atoms with Crippen molar-refractivity contribution in [3.8, 4) is 0 Å². The maximum Gasteiger partial charge on any atom is 0.256 e. The van der Waals surface area contributed by atoms with Gasteiger partial charge in [-0.1, -0.05) is 15.9 Å². The number of nitrogens with zero attached hydrogens (tertiary/aromatic N) is 4. The molecule has 0 bridgehead atoms. The van der Waals surface area contributed by atoms with Crippen LogP contribution in [-0.4, -0.2) is 47.0 Å². The fourth-order valence-corrected chi connectivity index (χ4v) is 2.79. The molecule has 0 spiro atoms. The smallest absolute Gasteiger partial charge is 0.256 e. The molecule has 1 aromatic carbocycles. The minimum absolute atomic E-state index is 0.0994. The predicted octanol–water partition coefficient (Wildman–Crippen LogP) is 2.34. The summed E-state index contributed by atoms with van der Waals surface area (Å²) in [7, 11) is 0. The van der Waals surface area contributed by atoms with Crippen LogP contribution in [-0.2, 0) is 0 Å². The molecular formula is C15H14BrFN4O. The van der Waals surface area contributed by atoms with E-state index in [0.717, 1.165) is 5.82 Å². The number of piperazine rings is 1. The zero-order valence-electron chi connectivity index (χ0n) is 11.7. The molecule has 0 N–H and O–H groups in total. The van der Waals surface area contributed by atoms with Crippen LogP contribution in [0.2, 0.25) is 0 Å². The van der Waals surface area contributed by atoms with E-state index in [1.54, 1.807) is 29.6 Å². The zero-order chi connectivity index (χ0) is 15.5. The first-order valence-corrected chi connectivity index (χ1v) is 7.70. The summed E-state index contributed by atoms with van der Waals surface area (Å²) < 4.78 is 14.5. The Balaban J connectivity index is 1.68. The van der Waals surface area contributed by atoms with Crippen LogP contribution >= 0.6 is 15.9 Å². The third-order valence-electron chi connectivity index (χ3n) is 3.60. The average molecular weight is 365 g/mol. The minimum Gasteiger partial charge on any atom is -0.352 e. The number of hydrogen-bond acceptors (Lipinski definition) is 4. The van der Waals surface area contributed by atoms with Gasteiger partial charge in [0.25, 0.3) is 5.91 Å². The normalized spacial score (nSPS) is 15.0. The summed E-state index contributed by atoms with van der Waals surface area (Å²) in [5.74, 6) is 0.0189. The van der Waals surface area contributed by atoms with Crippen LogP contribution in [0.15, 0.2) is 41.3 Å². The third-order valence-corrected chi connectivity index (χ3v) is 4.09. The molecule has 1 fully saturated rings. The van der Waals surface area contributed by atoms with Gasteiger partial charge in [-0.05, 0) is 18.2 Å². The predicted molar refractivity (Wildman–Crippen MR) is 84.2 cm³/mol. The van der Waals surface area contributed by atoms with Gasteiger partial charge in [-0.25, -0.2) is 9.37 Å². The number of halogens is 2. The fraction of sp³-hybridized carbons (Fsp3) is 0.267. The Labute approximate surface area is 135 Å². The maximum atomic E-state index is 13.8. The zero-order valence-corrected chi connectivity index (χ0v) is 13.3. The van der Waals surface area contributed by atoms with Gasteiger partial charge in [0.2, 0.25) is 0 Å². The second-order valence-corrected chi connectivity index (χ2v) is 5.88. The van der Waals surface area contributed by atoms with Crippen molar-refractivity contribution < 1.29 is 9.18 Å². The minimum atomic E-state index is -0.496. The lowest BCUT2D eigenvalue weighted by molar-refractivity contribution is 0.0741. The van der Waals surface area contributed by atoms with E-state index in [0.29, 0.717) is 30.7 Å². The van der Waals surface area contributed by atoms with Crippen LogP contribution in [0.25, 0.3) is 0 Å². The van der Waals surface area contributed by atoms with Crippen LogP contribution < -0.4 is 4.90 Å². The molecule has 0 atom stereocenters. The molecule has 1 aromatic heterocycles. The largest absolute Gasteiger partial charge is 0.352 e. The number of rotatable bonds is 2. The van der Waals surface area contributed by atoms with Gasteiger partial charge in [0.15, 0.2) is 0 Å². The Morgan fingerprint density at radius 1 is 1.18 bits per heavy atom. The Bertz CT molecular complexity index is 674. The van der Waals surface area contributed by atoms with Crippen LogP contribution in [0.3, 0.4) is 0 Å². The molecule has 1 aliphatic heterocycles. The molecule has 5 nitrogen and oxygen atoms in total. The molecule has 1 saturated heterocycles. The number of benzene rings is 1. The summed E-state index contributed by atoms with van der Waals surface area (Å²) in [6.07, 6.45) is 4.97. The van der Waals surface area contributed by atoms with Gasteiger partial charge in [0.05, 0.1) is 11.8 Å². The number of aromatic nitrogens is 2. The molecule has 1 aliphatic rings. The first kappa shape index (κ1) is 14.9. The summed E-state index contributed by atoms with van der Waals surface area (Å²) in [4.78, 5) is 24.5. The van der Waals surface area contributed by atoms with Gasteiger partial charge in [-0.3, -0.25) is 9.78 Å². The molecule has 114 valence electrons. The molecule has 22 heavy (non-hydrogen) atoms. The SMILES string of the molecule is O=C(c1cc(Br)ccc1F)N1CCN(c2cnccn2)CC1. The lowest BCUT2D eigenvalue weighted by Crippen LogP contribution is -2.49. The van der Waals surface area contributed by atoms with E-state index in [1.807, 2.05) is 0 Å². The topological polar surface area (TPSA) is 49.3 Å². The van der Waals surface area contributed by atoms with Gasteiger partial charge < -0.3 is 9.80 Å². The van der Waals surface area contributed by atoms with Crippen molar-refractivity contribution in [3.63, 3.8) is 0 Å². The van der Waals surface area contributed by atoms with Crippen LogP contribution in [0.1, 0.15) is 10.4 Å². The molecule has 1 amide bonds. The lowest BCUT2D eigenvalue weighted by Gasteiger charge is -2.35. The Kier molecular flexibility index (Phi) is 4.33. The quantitative estimate of drug-likeness (QED) is 0.820. The van der Waals surface area contributed by atoms with E-state index >= 15 is 0 Å². The van der Waals surface area contributed by atoms with Crippen molar-refractivity contribution in [1.29, 1.82) is 0 Å². The third kappa shape index (κ3) is 3.09. The first-order valence-electron chi connectivity index (χ1n) is 6.90. The number of carbonyl (C=O) groups is 1. The average Bonchev–Trinajstić information content (AvgIpc) is 2.57. The summed E-state index contributed by atoms with van der Waals surface area (Å²) in [5, 5.41) is 0. The number of anilines is 1. The fourth-order valence-electron chi connectivity index (χ4n) is 2.42. The van der Waals surface area contributed by atoms with E-state index < -0.39 is 5.82 Å². The van der Waals surface area contributed by atoms with Gasteiger partial charge in [0.1, 0.15) is 11.6 Å². The number of hydrogen-bond donors (Lipinski definition) is 0. The molecular weight excluding hydrogens is 351 g/mol. The second-order valence-electron chi connectivity index (χ2n) is 4.97. The standard InChI is InChI=1S/C15H14BrFN4O/c16-11-1-2-13(17)12(9-11)15(22)21-7-5-20(6-8-21)14-10-18-3-4-19-14/h1-4,9-10H,5-8H2. The first-order chi connectivity index (χ1) is 10.6. The van der Waals surface area contributed by atoms with Crippen molar-refractivity contribution in [3.05, 3.63) is 52.6 Å². The molecule has 7 heteroatoms. The number of carbonyl (C=O) groups excluding carboxylic acids is 1. The highest BCUT2D eigenvalue weighted by atomic mass is 79.9. The van der Waals surface area contributed by atoms with Crippen molar-refractivity contribution in [1.82, 2.24) is 14.9 Å². The van der Waals surface area contributed by atoms with Gasteiger partial charge in [0, 0.05) is 43.0 Å². The van der Waals surface area contributed by atoms with Crippen molar-refractivity contribution in [2.75, 3.05) is 31.1 Å². The molecule has 3 rings (SSSR count). The van der Waals surface area contributed by atoms with Gasteiger partial charge in [-0.15, -0.1) is 0 Å². The van der Waals surface area contributed by atoms with Crippen molar-refractivity contribution in [2.24, 2.45) is 0 Å². The van der Waals surface area contributed by atoms with Crippen LogP contribution in [0.4, 0.5) is 10.2 Å². The molecule has 0 aliphatic carbocycles. The monoisotopic (exact) mass is 364 g/mol. The van der Waals surface area contributed by atoms with Gasteiger partial charge >= 0.3 is 0 Å². The van der Waals surface area contributed by atoms with E-state index in [1.165, 1.54) is 12.1 Å². The van der Waals surface area contributed by atoms with Crippen molar-refractivity contribution >= 4 is 27.7 Å². The van der Waals surface area contributed by atoms with Crippen molar-refractivity contribution in [2.45, 2.75) is 0 Å².